The number of nitrogens with one attached hydrogen (secondary N) is 1. The summed E-state index contributed by atoms with van der Waals surface area (Å²) in [7, 11) is -1.10. The summed E-state index contributed by atoms with van der Waals surface area (Å²) < 4.78 is 26.8. The summed E-state index contributed by atoms with van der Waals surface area (Å²) in [5, 5.41) is 0.295. The van der Waals surface area contributed by atoms with Gasteiger partial charge in [0.05, 0.1) is 10.6 Å². The Morgan fingerprint density at radius 1 is 1.53 bits per heavy atom. The highest BCUT2D eigenvalue weighted by Crippen LogP contribution is 2.46. The molecule has 106 valence electrons. The fraction of sp³-hybridized carbons (Fsp3) is 0.615. The van der Waals surface area contributed by atoms with Gasteiger partial charge in [0.1, 0.15) is 5.67 Å². The minimum atomic E-state index is -1.80. The molecule has 3 atom stereocenters. The van der Waals surface area contributed by atoms with Gasteiger partial charge in [-0.25, -0.2) is 4.39 Å². The van der Waals surface area contributed by atoms with Crippen molar-refractivity contribution in [2.24, 2.45) is 5.92 Å². The Bertz CT molecular complexity index is 586. The minimum absolute atomic E-state index is 0.0391. The summed E-state index contributed by atoms with van der Waals surface area (Å²) >= 11 is 5.85. The molecule has 0 saturated carbocycles. The van der Waals surface area contributed by atoms with Crippen LogP contribution < -0.4 is 5.56 Å². The smallest absolute Gasteiger partial charge is 0.254 e. The van der Waals surface area contributed by atoms with Gasteiger partial charge >= 0.3 is 0 Å². The van der Waals surface area contributed by atoms with Gasteiger partial charge in [0, 0.05) is 39.8 Å². The van der Waals surface area contributed by atoms with Crippen molar-refractivity contribution in [2.75, 3.05) is 5.75 Å². The van der Waals surface area contributed by atoms with E-state index in [0.29, 0.717) is 5.02 Å². The fourth-order valence-corrected chi connectivity index (χ4v) is 4.29. The Balaban J connectivity index is 2.55. The minimum Gasteiger partial charge on any atom is -0.327 e. The molecule has 2 rings (SSSR count). The third-order valence-corrected chi connectivity index (χ3v) is 6.20. The van der Waals surface area contributed by atoms with E-state index in [-0.39, 0.29) is 17.7 Å². The van der Waals surface area contributed by atoms with E-state index in [0.717, 1.165) is 0 Å². The average Bonchev–Trinajstić information content (AvgIpc) is 2.29. The van der Waals surface area contributed by atoms with Crippen LogP contribution in [0.3, 0.4) is 0 Å². The molecule has 1 aromatic rings. The highest BCUT2D eigenvalue weighted by atomic mass is 35.5. The molecule has 0 amide bonds. The summed E-state index contributed by atoms with van der Waals surface area (Å²) in [6.07, 6.45) is 1.39. The van der Waals surface area contributed by atoms with E-state index in [2.05, 4.69) is 4.98 Å². The van der Waals surface area contributed by atoms with Crippen molar-refractivity contribution in [3.05, 3.63) is 33.2 Å². The summed E-state index contributed by atoms with van der Waals surface area (Å²) in [6, 6.07) is 1.38. The lowest BCUT2D eigenvalue weighted by atomic mass is 9.78. The zero-order valence-corrected chi connectivity index (χ0v) is 12.7. The van der Waals surface area contributed by atoms with Crippen molar-refractivity contribution in [3.63, 3.8) is 0 Å². The van der Waals surface area contributed by atoms with E-state index in [1.807, 2.05) is 0 Å². The van der Waals surface area contributed by atoms with Gasteiger partial charge in [0.25, 0.3) is 5.56 Å². The quantitative estimate of drug-likeness (QED) is 0.867. The largest absolute Gasteiger partial charge is 0.327 e. The van der Waals surface area contributed by atoms with Crippen LogP contribution in [0.4, 0.5) is 4.39 Å². The molecule has 0 spiro atoms. The number of pyridine rings is 1. The highest BCUT2D eigenvalue weighted by Gasteiger charge is 2.51. The van der Waals surface area contributed by atoms with Gasteiger partial charge in [-0.05, 0) is 19.9 Å². The zero-order chi connectivity index (χ0) is 14.4. The number of H-pyrrole nitrogens is 1. The van der Waals surface area contributed by atoms with Gasteiger partial charge in [0.15, 0.2) is 0 Å². The molecule has 1 aliphatic heterocycles. The standard InChI is InChI=1S/C13H17ClFNO2S/c1-8-6-19(18)12(2,3)7-13(8,15)10-4-9(14)5-16-11(10)17/h4-5,8H,6-7H2,1-3H3,(H,16,17)/t8-,13+,19?/m0/s1. The molecule has 2 heterocycles. The van der Waals surface area contributed by atoms with E-state index < -0.39 is 32.7 Å². The van der Waals surface area contributed by atoms with Crippen LogP contribution in [0.25, 0.3) is 0 Å². The van der Waals surface area contributed by atoms with Crippen LogP contribution in [0.1, 0.15) is 32.8 Å². The lowest BCUT2D eigenvalue weighted by molar-refractivity contribution is 0.0685. The molecule has 1 fully saturated rings. The predicted octanol–water partition coefficient (Wildman–Crippen LogP) is 2.76. The number of hydrogen-bond donors (Lipinski definition) is 1. The molecule has 1 N–H and O–H groups in total. The highest BCUT2D eigenvalue weighted by molar-refractivity contribution is 7.86. The van der Waals surface area contributed by atoms with Crippen molar-refractivity contribution in [3.8, 4) is 0 Å². The van der Waals surface area contributed by atoms with Crippen molar-refractivity contribution in [2.45, 2.75) is 37.6 Å². The van der Waals surface area contributed by atoms with Crippen molar-refractivity contribution < 1.29 is 8.60 Å². The van der Waals surface area contributed by atoms with E-state index in [4.69, 9.17) is 11.6 Å². The fourth-order valence-electron chi connectivity index (χ4n) is 2.59. The number of halogens is 2. The van der Waals surface area contributed by atoms with Gasteiger partial charge in [-0.3, -0.25) is 9.00 Å². The van der Waals surface area contributed by atoms with Gasteiger partial charge in [-0.2, -0.15) is 0 Å². The molecule has 6 heteroatoms. The summed E-state index contributed by atoms with van der Waals surface area (Å²) in [4.78, 5) is 14.3. The van der Waals surface area contributed by atoms with Gasteiger partial charge in [0.2, 0.25) is 0 Å². The van der Waals surface area contributed by atoms with Gasteiger partial charge < -0.3 is 4.98 Å². The van der Waals surface area contributed by atoms with Crippen LogP contribution >= 0.6 is 11.6 Å². The van der Waals surface area contributed by atoms with E-state index in [1.165, 1.54) is 12.3 Å². The van der Waals surface area contributed by atoms with Crippen LogP contribution in [0, 0.1) is 5.92 Å². The molecule has 3 nitrogen and oxygen atoms in total. The predicted molar refractivity (Wildman–Crippen MR) is 75.7 cm³/mol. The Morgan fingerprint density at radius 3 is 2.79 bits per heavy atom. The second kappa shape index (κ2) is 4.70. The molecule has 0 aliphatic carbocycles. The monoisotopic (exact) mass is 305 g/mol. The van der Waals surface area contributed by atoms with Crippen LogP contribution in [0.15, 0.2) is 17.1 Å². The third kappa shape index (κ3) is 2.50. The zero-order valence-electron chi connectivity index (χ0n) is 11.1. The van der Waals surface area contributed by atoms with Crippen molar-refractivity contribution in [1.82, 2.24) is 4.98 Å². The maximum Gasteiger partial charge on any atom is 0.254 e. The molecule has 0 radical (unpaired) electrons. The first-order chi connectivity index (χ1) is 8.67. The number of hydrogen-bond acceptors (Lipinski definition) is 2. The normalized spacial score (nSPS) is 34.2. The topological polar surface area (TPSA) is 49.9 Å². The summed E-state index contributed by atoms with van der Waals surface area (Å²) in [5.41, 5.74) is -2.23. The number of aromatic amines is 1. The molecular formula is C13H17ClFNO2S. The molecule has 1 aromatic heterocycles. The first-order valence-electron chi connectivity index (χ1n) is 6.13. The molecule has 0 bridgehead atoms. The Morgan fingerprint density at radius 2 is 2.16 bits per heavy atom. The van der Waals surface area contributed by atoms with Crippen LogP contribution in [0.5, 0.6) is 0 Å². The number of alkyl halides is 1. The molecule has 0 aromatic carbocycles. The third-order valence-electron chi connectivity index (χ3n) is 3.80. The molecule has 1 aliphatic rings. The van der Waals surface area contributed by atoms with E-state index in [1.54, 1.807) is 20.8 Å². The van der Waals surface area contributed by atoms with Crippen LogP contribution in [-0.4, -0.2) is 19.7 Å². The lowest BCUT2D eigenvalue weighted by Crippen LogP contribution is -2.50. The SMILES string of the molecule is C[C@H]1CS(=O)C(C)(C)C[C@]1(F)c1cc(Cl)c[nH]c1=O. The Kier molecular flexibility index (Phi) is 3.64. The second-order valence-electron chi connectivity index (χ2n) is 5.77. The van der Waals surface area contributed by atoms with Crippen molar-refractivity contribution >= 4 is 22.4 Å². The van der Waals surface area contributed by atoms with Crippen molar-refractivity contribution in [1.29, 1.82) is 0 Å². The Labute approximate surface area is 119 Å². The lowest BCUT2D eigenvalue weighted by Gasteiger charge is -2.43. The van der Waals surface area contributed by atoms with Crippen LogP contribution in [-0.2, 0) is 16.5 Å². The molecule has 19 heavy (non-hydrogen) atoms. The second-order valence-corrected chi connectivity index (χ2v) is 8.34. The molecular weight excluding hydrogens is 289 g/mol. The maximum atomic E-state index is 15.4. The van der Waals surface area contributed by atoms with Crippen LogP contribution in [0.2, 0.25) is 5.02 Å². The first-order valence-corrected chi connectivity index (χ1v) is 7.82. The summed E-state index contributed by atoms with van der Waals surface area (Å²) in [5.74, 6) is -0.240. The van der Waals surface area contributed by atoms with E-state index in [9.17, 15) is 9.00 Å². The Hall–Kier alpha value is -0.680. The molecule has 1 unspecified atom stereocenters. The molecule has 1 saturated heterocycles. The maximum absolute atomic E-state index is 15.4. The number of rotatable bonds is 1. The summed E-state index contributed by atoms with van der Waals surface area (Å²) in [6.45, 7) is 5.22. The van der Waals surface area contributed by atoms with E-state index >= 15 is 4.39 Å². The average molecular weight is 306 g/mol. The number of aromatic nitrogens is 1. The first kappa shape index (κ1) is 14.7. The van der Waals surface area contributed by atoms with Gasteiger partial charge in [-0.1, -0.05) is 18.5 Å². The van der Waals surface area contributed by atoms with Gasteiger partial charge in [-0.15, -0.1) is 0 Å².